The summed E-state index contributed by atoms with van der Waals surface area (Å²) in [5.41, 5.74) is 0.886. The lowest BCUT2D eigenvalue weighted by Gasteiger charge is -2.06. The van der Waals surface area contributed by atoms with Crippen LogP contribution in [0.15, 0.2) is 12.1 Å². The van der Waals surface area contributed by atoms with Crippen molar-refractivity contribution in [1.82, 2.24) is 10.2 Å². The zero-order valence-corrected chi connectivity index (χ0v) is 7.29. The van der Waals surface area contributed by atoms with Crippen LogP contribution in [0.3, 0.4) is 0 Å². The Morgan fingerprint density at radius 2 is 2.33 bits per heavy atom. The fourth-order valence-corrected chi connectivity index (χ4v) is 1.41. The molecular formula is C8H9ClN2O. The standard InChI is InChI=1S/C8H9ClN2O/c9-8-4-3-6(10-11-8)7-2-1-5-12-7/h3-4,7H,1-2,5H2. The van der Waals surface area contributed by atoms with Crippen molar-refractivity contribution in [3.63, 3.8) is 0 Å². The fourth-order valence-electron chi connectivity index (χ4n) is 1.31. The molecule has 0 aliphatic carbocycles. The highest BCUT2D eigenvalue weighted by Gasteiger charge is 2.18. The number of rotatable bonds is 1. The summed E-state index contributed by atoms with van der Waals surface area (Å²) in [6.07, 6.45) is 2.28. The third-order valence-electron chi connectivity index (χ3n) is 1.91. The van der Waals surface area contributed by atoms with Crippen LogP contribution >= 0.6 is 11.6 Å². The molecule has 3 nitrogen and oxygen atoms in total. The Balaban J connectivity index is 2.17. The van der Waals surface area contributed by atoms with E-state index in [1.807, 2.05) is 6.07 Å². The molecule has 1 aliphatic rings. The molecule has 2 rings (SSSR count). The van der Waals surface area contributed by atoms with E-state index in [0.717, 1.165) is 25.1 Å². The molecule has 0 aromatic carbocycles. The second-order valence-electron chi connectivity index (χ2n) is 2.78. The average Bonchev–Trinajstić information content (AvgIpc) is 2.58. The normalized spacial score (nSPS) is 22.9. The number of hydrogen-bond acceptors (Lipinski definition) is 3. The SMILES string of the molecule is Clc1ccc(C2CCCO2)nn1. The van der Waals surface area contributed by atoms with Crippen molar-refractivity contribution in [1.29, 1.82) is 0 Å². The third kappa shape index (κ3) is 1.57. The first-order valence-electron chi connectivity index (χ1n) is 3.97. The summed E-state index contributed by atoms with van der Waals surface area (Å²) in [4.78, 5) is 0. The van der Waals surface area contributed by atoms with E-state index < -0.39 is 0 Å². The number of aromatic nitrogens is 2. The molecule has 12 heavy (non-hydrogen) atoms. The van der Waals surface area contributed by atoms with Crippen LogP contribution in [-0.4, -0.2) is 16.8 Å². The Hall–Kier alpha value is -0.670. The van der Waals surface area contributed by atoms with Crippen LogP contribution in [0.25, 0.3) is 0 Å². The molecular weight excluding hydrogens is 176 g/mol. The molecule has 1 aliphatic heterocycles. The van der Waals surface area contributed by atoms with Gasteiger partial charge in [0.2, 0.25) is 0 Å². The maximum Gasteiger partial charge on any atom is 0.151 e. The molecule has 64 valence electrons. The third-order valence-corrected chi connectivity index (χ3v) is 2.11. The summed E-state index contributed by atoms with van der Waals surface area (Å²) in [5, 5.41) is 8.14. The van der Waals surface area contributed by atoms with Gasteiger partial charge >= 0.3 is 0 Å². The number of hydrogen-bond donors (Lipinski definition) is 0. The number of nitrogens with zero attached hydrogens (tertiary/aromatic N) is 2. The summed E-state index contributed by atoms with van der Waals surface area (Å²) in [5.74, 6) is 0. The summed E-state index contributed by atoms with van der Waals surface area (Å²) >= 11 is 5.60. The molecule has 1 fully saturated rings. The molecule has 0 bridgehead atoms. The van der Waals surface area contributed by atoms with Gasteiger partial charge in [0.05, 0.1) is 5.69 Å². The second-order valence-corrected chi connectivity index (χ2v) is 3.17. The van der Waals surface area contributed by atoms with Crippen LogP contribution in [0.4, 0.5) is 0 Å². The van der Waals surface area contributed by atoms with Crippen LogP contribution in [0.5, 0.6) is 0 Å². The van der Waals surface area contributed by atoms with Gasteiger partial charge in [-0.15, -0.1) is 5.10 Å². The summed E-state index contributed by atoms with van der Waals surface area (Å²) in [6.45, 7) is 0.828. The van der Waals surface area contributed by atoms with E-state index in [4.69, 9.17) is 16.3 Å². The Morgan fingerprint density at radius 1 is 1.42 bits per heavy atom. The van der Waals surface area contributed by atoms with E-state index in [2.05, 4.69) is 10.2 Å². The smallest absolute Gasteiger partial charge is 0.151 e. The lowest BCUT2D eigenvalue weighted by atomic mass is 10.2. The zero-order valence-electron chi connectivity index (χ0n) is 6.53. The minimum absolute atomic E-state index is 0.134. The van der Waals surface area contributed by atoms with Gasteiger partial charge in [0.25, 0.3) is 0 Å². The Bertz CT molecular complexity index is 256. The molecule has 0 N–H and O–H groups in total. The molecule has 1 aromatic rings. The van der Waals surface area contributed by atoms with Gasteiger partial charge in [-0.25, -0.2) is 0 Å². The highest BCUT2D eigenvalue weighted by Crippen LogP contribution is 2.26. The van der Waals surface area contributed by atoms with Gasteiger partial charge in [-0.05, 0) is 25.0 Å². The maximum atomic E-state index is 5.60. The Morgan fingerprint density at radius 3 is 2.92 bits per heavy atom. The molecule has 2 heterocycles. The maximum absolute atomic E-state index is 5.60. The molecule has 0 spiro atoms. The quantitative estimate of drug-likeness (QED) is 0.670. The predicted molar refractivity (Wildman–Crippen MR) is 45.0 cm³/mol. The van der Waals surface area contributed by atoms with Gasteiger partial charge in [-0.2, -0.15) is 5.10 Å². The van der Waals surface area contributed by atoms with Gasteiger partial charge < -0.3 is 4.74 Å². The van der Waals surface area contributed by atoms with Gasteiger partial charge in [0, 0.05) is 6.61 Å². The van der Waals surface area contributed by atoms with Crippen molar-refractivity contribution in [3.8, 4) is 0 Å². The topological polar surface area (TPSA) is 35.0 Å². The summed E-state index contributed by atoms with van der Waals surface area (Å²) < 4.78 is 5.43. The minimum Gasteiger partial charge on any atom is -0.372 e. The zero-order chi connectivity index (χ0) is 8.39. The van der Waals surface area contributed by atoms with Crippen molar-refractivity contribution in [2.45, 2.75) is 18.9 Å². The molecule has 0 radical (unpaired) electrons. The van der Waals surface area contributed by atoms with Crippen LogP contribution < -0.4 is 0 Å². The van der Waals surface area contributed by atoms with E-state index in [1.54, 1.807) is 6.07 Å². The van der Waals surface area contributed by atoms with Crippen molar-refractivity contribution in [2.75, 3.05) is 6.61 Å². The van der Waals surface area contributed by atoms with E-state index in [9.17, 15) is 0 Å². The monoisotopic (exact) mass is 184 g/mol. The van der Waals surface area contributed by atoms with E-state index in [0.29, 0.717) is 5.15 Å². The second kappa shape index (κ2) is 3.37. The van der Waals surface area contributed by atoms with Crippen LogP contribution in [0.1, 0.15) is 24.6 Å². The lowest BCUT2D eigenvalue weighted by molar-refractivity contribution is 0.108. The van der Waals surface area contributed by atoms with Crippen molar-refractivity contribution in [2.24, 2.45) is 0 Å². The summed E-state index contributed by atoms with van der Waals surface area (Å²) in [6, 6.07) is 3.61. The Kier molecular flexibility index (Phi) is 2.23. The fraction of sp³-hybridized carbons (Fsp3) is 0.500. The van der Waals surface area contributed by atoms with Gasteiger partial charge in [0.15, 0.2) is 5.15 Å². The van der Waals surface area contributed by atoms with E-state index >= 15 is 0 Å². The molecule has 1 atom stereocenters. The highest BCUT2D eigenvalue weighted by molar-refractivity contribution is 6.29. The van der Waals surface area contributed by atoms with Crippen LogP contribution in [0, 0.1) is 0 Å². The molecule has 1 saturated heterocycles. The van der Waals surface area contributed by atoms with Crippen LogP contribution in [0.2, 0.25) is 5.15 Å². The van der Waals surface area contributed by atoms with Gasteiger partial charge in [0.1, 0.15) is 6.10 Å². The van der Waals surface area contributed by atoms with Crippen LogP contribution in [-0.2, 0) is 4.74 Å². The lowest BCUT2D eigenvalue weighted by Crippen LogP contribution is -2.00. The minimum atomic E-state index is 0.134. The highest BCUT2D eigenvalue weighted by atomic mass is 35.5. The number of halogens is 1. The van der Waals surface area contributed by atoms with Gasteiger partial charge in [-0.3, -0.25) is 0 Å². The molecule has 4 heteroatoms. The van der Waals surface area contributed by atoms with E-state index in [1.165, 1.54) is 0 Å². The predicted octanol–water partition coefficient (Wildman–Crippen LogP) is 1.98. The van der Waals surface area contributed by atoms with E-state index in [-0.39, 0.29) is 6.10 Å². The number of ether oxygens (including phenoxy) is 1. The molecule has 0 amide bonds. The average molecular weight is 185 g/mol. The van der Waals surface area contributed by atoms with Crippen molar-refractivity contribution < 1.29 is 4.74 Å². The molecule has 0 saturated carbocycles. The molecule has 1 unspecified atom stereocenters. The van der Waals surface area contributed by atoms with Gasteiger partial charge in [-0.1, -0.05) is 11.6 Å². The van der Waals surface area contributed by atoms with Crippen molar-refractivity contribution in [3.05, 3.63) is 23.0 Å². The molecule has 1 aromatic heterocycles. The first kappa shape index (κ1) is 7.95. The van der Waals surface area contributed by atoms with Crippen molar-refractivity contribution >= 4 is 11.6 Å². The first-order chi connectivity index (χ1) is 5.86. The first-order valence-corrected chi connectivity index (χ1v) is 4.35. The Labute approximate surface area is 75.7 Å². The summed E-state index contributed by atoms with van der Waals surface area (Å²) in [7, 11) is 0. The largest absolute Gasteiger partial charge is 0.372 e.